The van der Waals surface area contributed by atoms with Crippen molar-refractivity contribution < 1.29 is 19.4 Å². The zero-order chi connectivity index (χ0) is 22.7. The number of carbonyl (C=O) groups excluding carboxylic acids is 1. The first-order valence-corrected chi connectivity index (χ1v) is 12.0. The standard InChI is InChI=1S/C22H41NO2.C3H6O2/c1-3-4-5-6-7-8-9-10-11-12-13-14-15-16-17-18-20-23-21-19-22(24)25-2;1-2-3(4)5/h18,20-21H,3-17,19H2,1-2H3;2H2,1H3,(H,4,5). The quantitative estimate of drug-likeness (QED) is 0.132. The number of carbonyl (C=O) groups is 2. The molecule has 0 atom stereocenters. The molecule has 0 aliphatic rings. The first-order valence-electron chi connectivity index (χ1n) is 12.0. The van der Waals surface area contributed by atoms with E-state index in [0.717, 1.165) is 6.42 Å². The van der Waals surface area contributed by atoms with Crippen LogP contribution in [0.5, 0.6) is 0 Å². The Morgan fingerprint density at radius 2 is 1.23 bits per heavy atom. The molecule has 5 heteroatoms. The van der Waals surface area contributed by atoms with Gasteiger partial charge in [0.25, 0.3) is 0 Å². The molecule has 0 saturated heterocycles. The topological polar surface area (TPSA) is 76.0 Å². The van der Waals surface area contributed by atoms with Crippen molar-refractivity contribution in [2.24, 2.45) is 4.99 Å². The lowest BCUT2D eigenvalue weighted by Crippen LogP contribution is -1.99. The monoisotopic (exact) mass is 425 g/mol. The van der Waals surface area contributed by atoms with Crippen molar-refractivity contribution in [2.75, 3.05) is 7.11 Å². The molecule has 0 aliphatic heterocycles. The van der Waals surface area contributed by atoms with Crippen molar-refractivity contribution in [3.8, 4) is 0 Å². The van der Waals surface area contributed by atoms with Crippen molar-refractivity contribution in [3.63, 3.8) is 0 Å². The number of nitrogens with zero attached hydrogens (tertiary/aromatic N) is 1. The van der Waals surface area contributed by atoms with Gasteiger partial charge in [-0.1, -0.05) is 103 Å². The lowest BCUT2D eigenvalue weighted by Gasteiger charge is -2.02. The van der Waals surface area contributed by atoms with E-state index >= 15 is 0 Å². The number of hydrogen-bond donors (Lipinski definition) is 1. The average Bonchev–Trinajstić information content (AvgIpc) is 2.75. The van der Waals surface area contributed by atoms with E-state index in [1.54, 1.807) is 19.3 Å². The van der Waals surface area contributed by atoms with Crippen LogP contribution in [0.3, 0.4) is 0 Å². The lowest BCUT2D eigenvalue weighted by atomic mass is 10.0. The van der Waals surface area contributed by atoms with Gasteiger partial charge in [0.2, 0.25) is 0 Å². The highest BCUT2D eigenvalue weighted by molar-refractivity contribution is 5.85. The highest BCUT2D eigenvalue weighted by Gasteiger charge is 1.94. The predicted molar refractivity (Wildman–Crippen MR) is 127 cm³/mol. The van der Waals surface area contributed by atoms with Crippen molar-refractivity contribution >= 4 is 18.2 Å². The van der Waals surface area contributed by atoms with Crippen LogP contribution in [-0.2, 0) is 14.3 Å². The van der Waals surface area contributed by atoms with Gasteiger partial charge in [-0.3, -0.25) is 14.6 Å². The fraction of sp³-hybridized carbons (Fsp3) is 0.800. The first kappa shape index (κ1) is 30.5. The Labute approximate surface area is 185 Å². The summed E-state index contributed by atoms with van der Waals surface area (Å²) in [5.74, 6) is -0.992. The summed E-state index contributed by atoms with van der Waals surface area (Å²) in [4.78, 5) is 24.3. The Balaban J connectivity index is 0. The molecule has 0 fully saturated rings. The van der Waals surface area contributed by atoms with Gasteiger partial charge < -0.3 is 9.84 Å². The average molecular weight is 426 g/mol. The molecule has 176 valence electrons. The third-order valence-corrected chi connectivity index (χ3v) is 4.81. The van der Waals surface area contributed by atoms with E-state index in [9.17, 15) is 9.59 Å². The summed E-state index contributed by atoms with van der Waals surface area (Å²) in [7, 11) is 1.39. The molecule has 0 spiro atoms. The number of carboxylic acid groups (broad SMARTS) is 1. The fourth-order valence-corrected chi connectivity index (χ4v) is 2.86. The molecule has 30 heavy (non-hydrogen) atoms. The van der Waals surface area contributed by atoms with Crippen LogP contribution in [0.4, 0.5) is 0 Å². The highest BCUT2D eigenvalue weighted by atomic mass is 16.5. The summed E-state index contributed by atoms with van der Waals surface area (Å²) >= 11 is 0. The molecule has 0 radical (unpaired) electrons. The van der Waals surface area contributed by atoms with Crippen LogP contribution in [0.1, 0.15) is 123 Å². The molecule has 0 aromatic carbocycles. The second-order valence-corrected chi connectivity index (χ2v) is 7.63. The molecule has 1 N–H and O–H groups in total. The summed E-state index contributed by atoms with van der Waals surface area (Å²) in [5.41, 5.74) is 0. The number of unbranched alkanes of at least 4 members (excludes halogenated alkanes) is 14. The zero-order valence-electron chi connectivity index (χ0n) is 19.9. The largest absolute Gasteiger partial charge is 0.481 e. The maximum absolute atomic E-state index is 10.9. The summed E-state index contributed by atoms with van der Waals surface area (Å²) < 4.78 is 4.53. The van der Waals surface area contributed by atoms with Crippen LogP contribution >= 0.6 is 0 Å². The lowest BCUT2D eigenvalue weighted by molar-refractivity contribution is -0.139. The SMILES string of the molecule is CCC(=O)O.CCCCCCCCCCCCCCCCC=CN=CCC(=O)OC. The van der Waals surface area contributed by atoms with Crippen LogP contribution in [-0.4, -0.2) is 30.4 Å². The fourth-order valence-electron chi connectivity index (χ4n) is 2.86. The number of esters is 1. The smallest absolute Gasteiger partial charge is 0.310 e. The molecule has 0 heterocycles. The van der Waals surface area contributed by atoms with E-state index in [1.165, 1.54) is 97.0 Å². The number of aliphatic imine (C=N–C) groups is 1. The zero-order valence-corrected chi connectivity index (χ0v) is 19.9. The minimum absolute atomic E-state index is 0.222. The molecule has 0 saturated carbocycles. The molecule has 0 aromatic rings. The van der Waals surface area contributed by atoms with Gasteiger partial charge in [0.05, 0.1) is 13.5 Å². The van der Waals surface area contributed by atoms with Gasteiger partial charge in [-0.2, -0.15) is 0 Å². The van der Waals surface area contributed by atoms with E-state index < -0.39 is 5.97 Å². The second kappa shape index (κ2) is 27.4. The molecule has 5 nitrogen and oxygen atoms in total. The summed E-state index contributed by atoms with van der Waals surface area (Å²) in [5, 5.41) is 7.72. The predicted octanol–water partition coefficient (Wildman–Crippen LogP) is 7.49. The number of methoxy groups -OCH3 is 1. The summed E-state index contributed by atoms with van der Waals surface area (Å²) in [6, 6.07) is 0. The van der Waals surface area contributed by atoms with Gasteiger partial charge in [0.15, 0.2) is 0 Å². The Morgan fingerprint density at radius 1 is 0.800 bits per heavy atom. The number of ether oxygens (including phenoxy) is 1. The van der Waals surface area contributed by atoms with E-state index in [2.05, 4.69) is 22.7 Å². The molecular formula is C25H47NO4. The minimum atomic E-state index is -0.745. The van der Waals surface area contributed by atoms with Crippen molar-refractivity contribution in [1.29, 1.82) is 0 Å². The molecule has 0 rings (SSSR count). The Morgan fingerprint density at radius 3 is 1.63 bits per heavy atom. The molecule has 0 bridgehead atoms. The van der Waals surface area contributed by atoms with Gasteiger partial charge in [0, 0.05) is 18.8 Å². The normalized spacial score (nSPS) is 10.9. The Kier molecular flexibility index (Phi) is 27.8. The Bertz CT molecular complexity index is 433. The van der Waals surface area contributed by atoms with Crippen molar-refractivity contribution in [3.05, 3.63) is 12.3 Å². The van der Waals surface area contributed by atoms with Gasteiger partial charge in [-0.25, -0.2) is 0 Å². The van der Waals surface area contributed by atoms with Crippen LogP contribution in [0.15, 0.2) is 17.3 Å². The molecule has 0 unspecified atom stereocenters. The third-order valence-electron chi connectivity index (χ3n) is 4.81. The van der Waals surface area contributed by atoms with E-state index in [4.69, 9.17) is 5.11 Å². The number of rotatable bonds is 19. The summed E-state index contributed by atoms with van der Waals surface area (Å²) in [6.45, 7) is 3.88. The molecule has 0 amide bonds. The van der Waals surface area contributed by atoms with Crippen LogP contribution < -0.4 is 0 Å². The molecule has 0 aromatic heterocycles. The number of hydrogen-bond acceptors (Lipinski definition) is 4. The van der Waals surface area contributed by atoms with E-state index in [1.807, 2.05) is 0 Å². The van der Waals surface area contributed by atoms with Gasteiger partial charge >= 0.3 is 11.9 Å². The maximum Gasteiger partial charge on any atom is 0.310 e. The highest BCUT2D eigenvalue weighted by Crippen LogP contribution is 2.13. The van der Waals surface area contributed by atoms with E-state index in [-0.39, 0.29) is 18.8 Å². The van der Waals surface area contributed by atoms with Gasteiger partial charge in [-0.05, 0) is 12.8 Å². The van der Waals surface area contributed by atoms with Gasteiger partial charge in [0.1, 0.15) is 0 Å². The van der Waals surface area contributed by atoms with Gasteiger partial charge in [-0.15, -0.1) is 0 Å². The van der Waals surface area contributed by atoms with Crippen molar-refractivity contribution in [1.82, 2.24) is 0 Å². The second-order valence-electron chi connectivity index (χ2n) is 7.63. The Hall–Kier alpha value is -1.65. The van der Waals surface area contributed by atoms with Crippen LogP contribution in [0.25, 0.3) is 0 Å². The number of allylic oxidation sites excluding steroid dienone is 1. The molecule has 0 aliphatic carbocycles. The third kappa shape index (κ3) is 31.1. The molecular weight excluding hydrogens is 378 g/mol. The van der Waals surface area contributed by atoms with Crippen LogP contribution in [0, 0.1) is 0 Å². The number of aliphatic carboxylic acids is 1. The minimum Gasteiger partial charge on any atom is -0.481 e. The van der Waals surface area contributed by atoms with Crippen molar-refractivity contribution in [2.45, 2.75) is 123 Å². The summed E-state index contributed by atoms with van der Waals surface area (Å²) in [6.07, 6.45) is 26.5. The first-order chi connectivity index (χ1) is 14.6. The van der Waals surface area contributed by atoms with Crippen LogP contribution in [0.2, 0.25) is 0 Å². The van der Waals surface area contributed by atoms with E-state index in [0.29, 0.717) is 0 Å². The number of carboxylic acids is 1. The maximum atomic E-state index is 10.9.